The molecular formula is C31H41N5O6. The number of ether oxygens (including phenoxy) is 2. The van der Waals surface area contributed by atoms with Gasteiger partial charge in [0.25, 0.3) is 11.8 Å². The van der Waals surface area contributed by atoms with Gasteiger partial charge in [-0.3, -0.25) is 19.1 Å². The molecule has 1 spiro atoms. The van der Waals surface area contributed by atoms with Gasteiger partial charge >= 0.3 is 5.97 Å². The Hall–Kier alpha value is -3.73. The van der Waals surface area contributed by atoms with Crippen LogP contribution in [0.15, 0.2) is 24.3 Å². The quantitative estimate of drug-likeness (QED) is 0.500. The van der Waals surface area contributed by atoms with E-state index in [1.807, 2.05) is 13.8 Å². The fourth-order valence-corrected chi connectivity index (χ4v) is 6.20. The van der Waals surface area contributed by atoms with E-state index in [0.29, 0.717) is 75.7 Å². The molecule has 2 aromatic rings. The fraction of sp³-hybridized carbons (Fsp3) is 0.581. The highest BCUT2D eigenvalue weighted by molar-refractivity contribution is 5.98. The fourth-order valence-electron chi connectivity index (χ4n) is 6.20. The largest absolute Gasteiger partial charge is 0.462 e. The third-order valence-electron chi connectivity index (χ3n) is 8.78. The van der Waals surface area contributed by atoms with Crippen LogP contribution in [0.5, 0.6) is 0 Å². The lowest BCUT2D eigenvalue weighted by Gasteiger charge is -2.36. The molecule has 0 radical (unpaired) electrons. The molecule has 226 valence electrons. The van der Waals surface area contributed by atoms with Crippen LogP contribution in [0.25, 0.3) is 0 Å². The second-order valence-corrected chi connectivity index (χ2v) is 11.8. The number of benzene rings is 1. The zero-order chi connectivity index (χ0) is 29.9. The summed E-state index contributed by atoms with van der Waals surface area (Å²) < 4.78 is 13.1. The van der Waals surface area contributed by atoms with Gasteiger partial charge in [0, 0.05) is 70.5 Å². The topological polar surface area (TPSA) is 123 Å². The van der Waals surface area contributed by atoms with Crippen molar-refractivity contribution in [1.82, 2.24) is 24.9 Å². The van der Waals surface area contributed by atoms with Crippen molar-refractivity contribution in [2.75, 3.05) is 52.5 Å². The molecule has 1 aromatic carbocycles. The van der Waals surface area contributed by atoms with Crippen molar-refractivity contribution in [3.63, 3.8) is 0 Å². The normalized spacial score (nSPS) is 19.1. The van der Waals surface area contributed by atoms with E-state index in [2.05, 4.69) is 5.32 Å². The van der Waals surface area contributed by atoms with Crippen molar-refractivity contribution < 1.29 is 28.7 Å². The van der Waals surface area contributed by atoms with Gasteiger partial charge in [0.15, 0.2) is 0 Å². The van der Waals surface area contributed by atoms with Crippen LogP contribution in [0.4, 0.5) is 0 Å². The average molecular weight is 580 g/mol. The summed E-state index contributed by atoms with van der Waals surface area (Å²) in [5, 5.41) is 7.95. The molecule has 0 aliphatic carbocycles. The molecule has 3 aliphatic rings. The molecule has 2 saturated heterocycles. The number of nitrogens with zero attached hydrogens (tertiary/aromatic N) is 4. The minimum Gasteiger partial charge on any atom is -0.462 e. The first kappa shape index (κ1) is 29.8. The van der Waals surface area contributed by atoms with Gasteiger partial charge in [-0.05, 0) is 62.1 Å². The van der Waals surface area contributed by atoms with Crippen molar-refractivity contribution in [2.24, 2.45) is 11.3 Å². The summed E-state index contributed by atoms with van der Waals surface area (Å²) in [6, 6.07) is 6.59. The summed E-state index contributed by atoms with van der Waals surface area (Å²) in [6.45, 7) is 10.2. The highest BCUT2D eigenvalue weighted by Crippen LogP contribution is 2.38. The number of amides is 3. The lowest BCUT2D eigenvalue weighted by molar-refractivity contribution is -0.130. The summed E-state index contributed by atoms with van der Waals surface area (Å²) in [4.78, 5) is 54.1. The Morgan fingerprint density at radius 3 is 2.48 bits per heavy atom. The molecule has 42 heavy (non-hydrogen) atoms. The van der Waals surface area contributed by atoms with Crippen LogP contribution in [0, 0.1) is 11.3 Å². The van der Waals surface area contributed by atoms with E-state index in [1.165, 1.54) is 6.92 Å². The van der Waals surface area contributed by atoms with E-state index in [4.69, 9.17) is 14.6 Å². The molecule has 1 atom stereocenters. The first-order valence-electron chi connectivity index (χ1n) is 15.0. The predicted molar refractivity (Wildman–Crippen MR) is 154 cm³/mol. The van der Waals surface area contributed by atoms with Gasteiger partial charge in [-0.1, -0.05) is 13.0 Å². The molecule has 4 heterocycles. The van der Waals surface area contributed by atoms with Gasteiger partial charge in [-0.2, -0.15) is 5.10 Å². The predicted octanol–water partition coefficient (Wildman–Crippen LogP) is 2.33. The van der Waals surface area contributed by atoms with E-state index in [1.54, 1.807) is 38.7 Å². The monoisotopic (exact) mass is 579 g/mol. The maximum atomic E-state index is 13.1. The van der Waals surface area contributed by atoms with E-state index in [-0.39, 0.29) is 35.7 Å². The first-order valence-corrected chi connectivity index (χ1v) is 15.0. The number of rotatable bonds is 7. The van der Waals surface area contributed by atoms with Crippen molar-refractivity contribution in [3.8, 4) is 0 Å². The number of esters is 1. The number of fused-ring (bicyclic) bond motifs is 1. The van der Waals surface area contributed by atoms with Gasteiger partial charge in [0.1, 0.15) is 5.69 Å². The summed E-state index contributed by atoms with van der Waals surface area (Å²) >= 11 is 0. The third kappa shape index (κ3) is 6.35. The van der Waals surface area contributed by atoms with E-state index in [0.717, 1.165) is 30.5 Å². The third-order valence-corrected chi connectivity index (χ3v) is 8.78. The summed E-state index contributed by atoms with van der Waals surface area (Å²) in [5.74, 6) is -0.763. The van der Waals surface area contributed by atoms with Crippen molar-refractivity contribution in [2.45, 2.75) is 53.0 Å². The zero-order valence-electron chi connectivity index (χ0n) is 24.8. The molecule has 1 N–H and O–H groups in total. The molecule has 2 fully saturated rings. The lowest BCUT2D eigenvalue weighted by Crippen LogP contribution is -2.50. The molecule has 0 unspecified atom stereocenters. The van der Waals surface area contributed by atoms with Crippen LogP contribution in [0.2, 0.25) is 0 Å². The number of nitrogens with one attached hydrogen (secondary N) is 1. The van der Waals surface area contributed by atoms with Crippen LogP contribution >= 0.6 is 0 Å². The average Bonchev–Trinajstić information content (AvgIpc) is 3.27. The standard InChI is InChI=1S/C31H41N5O6/c1-4-36-27-25(18-31(20-32-28(27)38)8-14-41-15-9-31)26(33-36)16-21(2)19-42-30(40)24-7-5-6-23(17-24)29(39)35-12-10-34(11-13-35)22(3)37/h5-7,17,21H,4,8-16,18-20H2,1-3H3,(H,32,38)/t21-/m1/s1. The Kier molecular flexibility index (Phi) is 8.96. The summed E-state index contributed by atoms with van der Waals surface area (Å²) in [6.07, 6.45) is 3.14. The highest BCUT2D eigenvalue weighted by atomic mass is 16.5. The SMILES string of the molecule is CCn1nc(C[C@@H](C)COC(=O)c2cccc(C(=O)N3CCN(C(C)=O)CC3)c2)c2c1C(=O)NCC1(CCOCC1)C2. The van der Waals surface area contributed by atoms with E-state index in [9.17, 15) is 19.2 Å². The van der Waals surface area contributed by atoms with Crippen molar-refractivity contribution >= 4 is 23.7 Å². The lowest BCUT2D eigenvalue weighted by atomic mass is 9.75. The number of carbonyl (C=O) groups is 4. The minimum atomic E-state index is -0.489. The first-order chi connectivity index (χ1) is 20.2. The molecule has 0 bridgehead atoms. The number of piperazine rings is 1. The number of aromatic nitrogens is 2. The molecular weight excluding hydrogens is 538 g/mol. The Labute approximate surface area is 246 Å². The van der Waals surface area contributed by atoms with Gasteiger partial charge in [0.05, 0.1) is 17.9 Å². The van der Waals surface area contributed by atoms with Crippen molar-refractivity contribution in [1.29, 1.82) is 0 Å². The Balaban J connectivity index is 1.22. The zero-order valence-corrected chi connectivity index (χ0v) is 24.8. The number of hydrogen-bond donors (Lipinski definition) is 1. The van der Waals surface area contributed by atoms with Gasteiger partial charge in [-0.15, -0.1) is 0 Å². The maximum absolute atomic E-state index is 13.1. The summed E-state index contributed by atoms with van der Waals surface area (Å²) in [7, 11) is 0. The molecule has 5 rings (SSSR count). The Bertz CT molecular complexity index is 1340. The number of aryl methyl sites for hydroxylation is 1. The minimum absolute atomic E-state index is 0.00362. The van der Waals surface area contributed by atoms with Gasteiger partial charge in [-0.25, -0.2) is 4.79 Å². The highest BCUT2D eigenvalue weighted by Gasteiger charge is 2.40. The van der Waals surface area contributed by atoms with Gasteiger partial charge < -0.3 is 24.6 Å². The van der Waals surface area contributed by atoms with Crippen LogP contribution in [-0.2, 0) is 33.7 Å². The second-order valence-electron chi connectivity index (χ2n) is 11.8. The van der Waals surface area contributed by atoms with Crippen LogP contribution < -0.4 is 5.32 Å². The van der Waals surface area contributed by atoms with Crippen LogP contribution in [0.3, 0.4) is 0 Å². The van der Waals surface area contributed by atoms with Crippen molar-refractivity contribution in [3.05, 3.63) is 52.3 Å². The number of carbonyl (C=O) groups excluding carboxylic acids is 4. The molecule has 3 amide bonds. The smallest absolute Gasteiger partial charge is 0.338 e. The molecule has 11 nitrogen and oxygen atoms in total. The Morgan fingerprint density at radius 1 is 1.10 bits per heavy atom. The van der Waals surface area contributed by atoms with Crippen LogP contribution in [0.1, 0.15) is 76.1 Å². The summed E-state index contributed by atoms with van der Waals surface area (Å²) in [5.41, 5.74) is 3.23. The molecule has 3 aliphatic heterocycles. The van der Waals surface area contributed by atoms with E-state index < -0.39 is 5.97 Å². The number of hydrogen-bond acceptors (Lipinski definition) is 7. The maximum Gasteiger partial charge on any atom is 0.338 e. The Morgan fingerprint density at radius 2 is 1.79 bits per heavy atom. The second kappa shape index (κ2) is 12.6. The van der Waals surface area contributed by atoms with Gasteiger partial charge in [0.2, 0.25) is 5.91 Å². The molecule has 1 aromatic heterocycles. The molecule has 0 saturated carbocycles. The van der Waals surface area contributed by atoms with Crippen LogP contribution in [-0.4, -0.2) is 95.8 Å². The molecule has 11 heteroatoms. The van der Waals surface area contributed by atoms with E-state index >= 15 is 0 Å².